The first kappa shape index (κ1) is 12.6. The van der Waals surface area contributed by atoms with Crippen LogP contribution in [0.2, 0.25) is 0 Å². The van der Waals surface area contributed by atoms with Crippen molar-refractivity contribution in [3.05, 3.63) is 35.4 Å². The number of alkyl halides is 1. The third-order valence-electron chi connectivity index (χ3n) is 2.06. The molecular weight excluding hydrogens is 228 g/mol. The Hall–Kier alpha value is -1.48. The van der Waals surface area contributed by atoms with Crippen LogP contribution in [0.15, 0.2) is 24.3 Å². The van der Waals surface area contributed by atoms with Crippen LogP contribution in [0.4, 0.5) is 0 Å². The highest BCUT2D eigenvalue weighted by Crippen LogP contribution is 2.22. The summed E-state index contributed by atoms with van der Waals surface area (Å²) in [4.78, 5) is 10.9. The Bertz CT molecular complexity index is 399. The predicted octanol–water partition coefficient (Wildman–Crippen LogP) is 2.62. The van der Waals surface area contributed by atoms with E-state index in [0.717, 1.165) is 16.9 Å². The van der Waals surface area contributed by atoms with Crippen LogP contribution in [-0.4, -0.2) is 20.2 Å². The van der Waals surface area contributed by atoms with Gasteiger partial charge >= 0.3 is 5.97 Å². The van der Waals surface area contributed by atoms with Gasteiger partial charge < -0.3 is 9.47 Å². The minimum atomic E-state index is -0.386. The van der Waals surface area contributed by atoms with Crippen LogP contribution in [-0.2, 0) is 15.4 Å². The van der Waals surface area contributed by atoms with Gasteiger partial charge in [-0.1, -0.05) is 6.07 Å². The maximum Gasteiger partial charge on any atom is 0.330 e. The number of hydrogen-bond acceptors (Lipinski definition) is 3. The highest BCUT2D eigenvalue weighted by atomic mass is 35.5. The third-order valence-corrected chi connectivity index (χ3v) is 2.35. The molecule has 0 saturated carbocycles. The summed E-state index contributed by atoms with van der Waals surface area (Å²) in [5, 5.41) is 0. The Morgan fingerprint density at radius 1 is 1.44 bits per heavy atom. The van der Waals surface area contributed by atoms with Gasteiger partial charge in [0.15, 0.2) is 0 Å². The fraction of sp³-hybridized carbons (Fsp3) is 0.250. The number of carbonyl (C=O) groups excluding carboxylic acids is 1. The summed E-state index contributed by atoms with van der Waals surface area (Å²) in [6, 6.07) is 5.52. The average Bonchev–Trinajstić information content (AvgIpc) is 2.35. The molecule has 16 heavy (non-hydrogen) atoms. The first-order valence-electron chi connectivity index (χ1n) is 4.70. The number of benzene rings is 1. The van der Waals surface area contributed by atoms with E-state index in [4.69, 9.17) is 16.3 Å². The molecule has 0 saturated heterocycles. The Morgan fingerprint density at radius 3 is 2.75 bits per heavy atom. The van der Waals surface area contributed by atoms with E-state index in [1.807, 2.05) is 18.2 Å². The molecule has 0 aliphatic carbocycles. The van der Waals surface area contributed by atoms with Crippen LogP contribution < -0.4 is 4.74 Å². The minimum absolute atomic E-state index is 0.364. The molecule has 0 heterocycles. The molecule has 0 radical (unpaired) electrons. The number of halogens is 1. The van der Waals surface area contributed by atoms with Crippen LogP contribution in [0.25, 0.3) is 6.08 Å². The van der Waals surface area contributed by atoms with Gasteiger partial charge in [-0.05, 0) is 23.8 Å². The lowest BCUT2D eigenvalue weighted by atomic mass is 10.1. The summed E-state index contributed by atoms with van der Waals surface area (Å²) >= 11 is 5.78. The summed E-state index contributed by atoms with van der Waals surface area (Å²) in [6.07, 6.45) is 3.03. The zero-order valence-corrected chi connectivity index (χ0v) is 9.95. The Morgan fingerprint density at radius 2 is 2.19 bits per heavy atom. The van der Waals surface area contributed by atoms with Crippen LogP contribution in [0.3, 0.4) is 0 Å². The van der Waals surface area contributed by atoms with Crippen molar-refractivity contribution in [2.24, 2.45) is 0 Å². The van der Waals surface area contributed by atoms with Crippen molar-refractivity contribution in [1.82, 2.24) is 0 Å². The first-order valence-corrected chi connectivity index (χ1v) is 5.23. The maximum absolute atomic E-state index is 10.9. The van der Waals surface area contributed by atoms with Gasteiger partial charge in [0.25, 0.3) is 0 Å². The minimum Gasteiger partial charge on any atom is -0.496 e. The van der Waals surface area contributed by atoms with Gasteiger partial charge in [-0.25, -0.2) is 4.79 Å². The van der Waals surface area contributed by atoms with E-state index in [1.54, 1.807) is 13.2 Å². The van der Waals surface area contributed by atoms with Gasteiger partial charge in [-0.3, -0.25) is 0 Å². The molecule has 0 bridgehead atoms. The number of esters is 1. The highest BCUT2D eigenvalue weighted by molar-refractivity contribution is 6.17. The molecule has 0 spiro atoms. The van der Waals surface area contributed by atoms with Gasteiger partial charge in [-0.15, -0.1) is 11.6 Å². The molecule has 3 nitrogen and oxygen atoms in total. The highest BCUT2D eigenvalue weighted by Gasteiger charge is 2.02. The fourth-order valence-corrected chi connectivity index (χ4v) is 1.45. The van der Waals surface area contributed by atoms with E-state index in [-0.39, 0.29) is 5.97 Å². The first-order chi connectivity index (χ1) is 7.71. The Balaban J connectivity index is 2.91. The largest absolute Gasteiger partial charge is 0.496 e. The van der Waals surface area contributed by atoms with Crippen molar-refractivity contribution < 1.29 is 14.3 Å². The number of methoxy groups -OCH3 is 2. The van der Waals surface area contributed by atoms with Gasteiger partial charge in [0.2, 0.25) is 0 Å². The van der Waals surface area contributed by atoms with Gasteiger partial charge in [0.1, 0.15) is 5.75 Å². The van der Waals surface area contributed by atoms with Crippen LogP contribution in [0.1, 0.15) is 11.1 Å². The van der Waals surface area contributed by atoms with Gasteiger partial charge in [-0.2, -0.15) is 0 Å². The summed E-state index contributed by atoms with van der Waals surface area (Å²) < 4.78 is 9.63. The second kappa shape index (κ2) is 6.18. The summed E-state index contributed by atoms with van der Waals surface area (Å²) in [5.74, 6) is 0.719. The molecule has 0 aliphatic heterocycles. The second-order valence-electron chi connectivity index (χ2n) is 3.06. The molecule has 0 fully saturated rings. The molecule has 0 atom stereocenters. The molecule has 1 aromatic carbocycles. The SMILES string of the molecule is COC(=O)C=Cc1ccc(OC)c(CCl)c1. The molecule has 4 heteroatoms. The molecule has 0 aliphatic rings. The van der Waals surface area contributed by atoms with E-state index in [1.165, 1.54) is 13.2 Å². The smallest absolute Gasteiger partial charge is 0.330 e. The van der Waals surface area contributed by atoms with Crippen LogP contribution in [0, 0.1) is 0 Å². The maximum atomic E-state index is 10.9. The zero-order valence-electron chi connectivity index (χ0n) is 9.20. The lowest BCUT2D eigenvalue weighted by Gasteiger charge is -2.06. The normalized spacial score (nSPS) is 10.4. The quantitative estimate of drug-likeness (QED) is 0.461. The van der Waals surface area contributed by atoms with E-state index < -0.39 is 0 Å². The Labute approximate surface area is 99.6 Å². The standard InChI is InChI=1S/C12H13ClO3/c1-15-11-5-3-9(7-10(11)8-13)4-6-12(14)16-2/h3-7H,8H2,1-2H3. The molecule has 0 N–H and O–H groups in total. The number of hydrogen-bond donors (Lipinski definition) is 0. The summed E-state index contributed by atoms with van der Waals surface area (Å²) in [7, 11) is 2.93. The molecule has 1 aromatic rings. The molecule has 0 unspecified atom stereocenters. The van der Waals surface area contributed by atoms with Crippen molar-refractivity contribution in [1.29, 1.82) is 0 Å². The average molecular weight is 241 g/mol. The van der Waals surface area contributed by atoms with E-state index in [0.29, 0.717) is 5.88 Å². The van der Waals surface area contributed by atoms with E-state index >= 15 is 0 Å². The lowest BCUT2D eigenvalue weighted by molar-refractivity contribution is -0.134. The van der Waals surface area contributed by atoms with Crippen molar-refractivity contribution in [2.45, 2.75) is 5.88 Å². The van der Waals surface area contributed by atoms with Crippen LogP contribution >= 0.6 is 11.6 Å². The van der Waals surface area contributed by atoms with Crippen molar-refractivity contribution in [3.63, 3.8) is 0 Å². The monoisotopic (exact) mass is 240 g/mol. The topological polar surface area (TPSA) is 35.5 Å². The number of ether oxygens (including phenoxy) is 2. The van der Waals surface area contributed by atoms with E-state index in [2.05, 4.69) is 4.74 Å². The predicted molar refractivity (Wildman–Crippen MR) is 63.6 cm³/mol. The second-order valence-corrected chi connectivity index (χ2v) is 3.33. The molecule has 86 valence electrons. The summed E-state index contributed by atoms with van der Waals surface area (Å²) in [6.45, 7) is 0. The van der Waals surface area contributed by atoms with Crippen molar-refractivity contribution in [2.75, 3.05) is 14.2 Å². The number of carbonyl (C=O) groups is 1. The molecular formula is C12H13ClO3. The van der Waals surface area contributed by atoms with Crippen molar-refractivity contribution >= 4 is 23.6 Å². The van der Waals surface area contributed by atoms with Gasteiger partial charge in [0.05, 0.1) is 20.1 Å². The molecule has 0 amide bonds. The third kappa shape index (κ3) is 3.28. The molecule has 1 rings (SSSR count). The lowest BCUT2D eigenvalue weighted by Crippen LogP contribution is -1.94. The summed E-state index contributed by atoms with van der Waals surface area (Å²) in [5.41, 5.74) is 1.76. The fourth-order valence-electron chi connectivity index (χ4n) is 1.24. The molecule has 0 aromatic heterocycles. The van der Waals surface area contributed by atoms with Crippen molar-refractivity contribution in [3.8, 4) is 5.75 Å². The zero-order chi connectivity index (χ0) is 12.0. The number of rotatable bonds is 4. The van der Waals surface area contributed by atoms with E-state index in [9.17, 15) is 4.79 Å². The van der Waals surface area contributed by atoms with Gasteiger partial charge in [0, 0.05) is 11.6 Å². The Kier molecular flexibility index (Phi) is 4.86. The van der Waals surface area contributed by atoms with Crippen LogP contribution in [0.5, 0.6) is 5.75 Å².